The van der Waals surface area contributed by atoms with Crippen molar-refractivity contribution in [2.75, 3.05) is 0 Å². The summed E-state index contributed by atoms with van der Waals surface area (Å²) in [5.74, 6) is 0. The van der Waals surface area contributed by atoms with Crippen LogP contribution in [0.15, 0.2) is 91.0 Å². The zero-order chi connectivity index (χ0) is 29.2. The molecule has 4 rings (SSSR count). The normalized spacial score (nSPS) is 12.5. The molecule has 14 heteroatoms. The van der Waals surface area contributed by atoms with E-state index in [-0.39, 0.29) is 34.5 Å². The summed E-state index contributed by atoms with van der Waals surface area (Å²) >= 11 is 0. The molecular formula is C26H15F12FeP-6. The van der Waals surface area contributed by atoms with Crippen LogP contribution in [0.4, 0.5) is 52.7 Å². The summed E-state index contributed by atoms with van der Waals surface area (Å²) in [4.78, 5) is 0. The van der Waals surface area contributed by atoms with Gasteiger partial charge >= 0.3 is 24.7 Å². The van der Waals surface area contributed by atoms with Gasteiger partial charge in [0.05, 0.1) is 22.3 Å². The molecule has 0 nitrogen and oxygen atoms in total. The molecule has 0 aromatic heterocycles. The number of hydrogen-bond acceptors (Lipinski definition) is 0. The average Bonchev–Trinajstić information content (AvgIpc) is 3.54. The van der Waals surface area contributed by atoms with Gasteiger partial charge in [-0.05, 0) is 47.0 Å². The smallest absolute Gasteiger partial charge is 0.416 e. The molecule has 0 N–H and O–H groups in total. The van der Waals surface area contributed by atoms with Crippen LogP contribution < -0.4 is 15.9 Å². The van der Waals surface area contributed by atoms with Gasteiger partial charge in [-0.25, -0.2) is 12.1 Å². The van der Waals surface area contributed by atoms with Gasteiger partial charge in [-0.2, -0.15) is 64.8 Å². The van der Waals surface area contributed by atoms with Gasteiger partial charge in [-0.15, -0.1) is 5.30 Å². The van der Waals surface area contributed by atoms with E-state index in [9.17, 15) is 52.7 Å². The first-order valence-corrected chi connectivity index (χ1v) is 12.0. The van der Waals surface area contributed by atoms with Crippen molar-refractivity contribution in [3.63, 3.8) is 0 Å². The molecule has 0 bridgehead atoms. The van der Waals surface area contributed by atoms with Crippen molar-refractivity contribution in [1.29, 1.82) is 0 Å². The van der Waals surface area contributed by atoms with Crippen LogP contribution in [0.3, 0.4) is 0 Å². The van der Waals surface area contributed by atoms with Crippen LogP contribution in [0.5, 0.6) is 0 Å². The van der Waals surface area contributed by atoms with Crippen LogP contribution >= 0.6 is 7.92 Å². The van der Waals surface area contributed by atoms with E-state index < -0.39 is 65.5 Å². The molecule has 4 aromatic carbocycles. The van der Waals surface area contributed by atoms with Crippen molar-refractivity contribution in [2.24, 2.45) is 0 Å². The van der Waals surface area contributed by atoms with E-state index in [1.165, 1.54) is 24.3 Å². The maximum atomic E-state index is 13.3. The minimum atomic E-state index is -5.26. The summed E-state index contributed by atoms with van der Waals surface area (Å²) in [5.41, 5.74) is -6.95. The Kier molecular flexibility index (Phi) is 10.4. The molecule has 0 radical (unpaired) electrons. The van der Waals surface area contributed by atoms with Gasteiger partial charge in [0.25, 0.3) is 0 Å². The average molecular weight is 642 g/mol. The van der Waals surface area contributed by atoms with Crippen molar-refractivity contribution in [3.05, 3.63) is 113 Å². The molecule has 0 amide bonds. The summed E-state index contributed by atoms with van der Waals surface area (Å²) in [6.07, 6.45) is -21.0. The number of benzene rings is 2. The first-order chi connectivity index (χ1) is 17.9. The molecule has 0 saturated carbocycles. The van der Waals surface area contributed by atoms with E-state index in [0.29, 0.717) is 24.3 Å². The Morgan fingerprint density at radius 3 is 0.925 bits per heavy atom. The first kappa shape index (κ1) is 33.5. The van der Waals surface area contributed by atoms with E-state index >= 15 is 0 Å². The Morgan fingerprint density at radius 1 is 0.450 bits per heavy atom. The second-order valence-corrected chi connectivity index (χ2v) is 10.2. The molecule has 40 heavy (non-hydrogen) atoms. The molecule has 0 aliphatic heterocycles. The fourth-order valence-corrected chi connectivity index (χ4v) is 5.85. The predicted octanol–water partition coefficient (Wildman–Crippen LogP) is 8.64. The summed E-state index contributed by atoms with van der Waals surface area (Å²) in [5, 5.41) is -1.46. The van der Waals surface area contributed by atoms with Gasteiger partial charge in [0.2, 0.25) is 0 Å². The van der Waals surface area contributed by atoms with E-state index in [2.05, 4.69) is 0 Å². The molecule has 222 valence electrons. The standard InChI is InChI=1S/C21H10F12P.C5H5.Fe/c22-18(23,24)11-5-12(19(25,26)27)8-16(7-11)34(15-3-1-2-4-15)17-9-13(20(28,29)30)6-14(10-17)21(31,32)33;1-2-4-5-3-1;/h1-10H;1-5H;/q-1;-5;. The first-order valence-electron chi connectivity index (χ1n) is 10.6. The van der Waals surface area contributed by atoms with Crippen molar-refractivity contribution >= 4 is 23.8 Å². The van der Waals surface area contributed by atoms with E-state index in [1.54, 1.807) is 0 Å². The SMILES string of the molecule is FC(F)(F)c1cc(P(c2cc(C(F)(F)F)cc(C(F)(F)F)c2)[c-]2cccc2)cc(C(F)(F)F)c1.[Fe].[cH-]1[cH-][cH-][cH-][cH-]1. The number of halogens is 12. The number of rotatable bonds is 3. The fourth-order valence-electron chi connectivity index (χ4n) is 3.42. The summed E-state index contributed by atoms with van der Waals surface area (Å²) in [6.45, 7) is 0. The van der Waals surface area contributed by atoms with Crippen molar-refractivity contribution in [1.82, 2.24) is 0 Å². The Hall–Kier alpha value is -2.75. The second-order valence-electron chi connectivity index (χ2n) is 7.97. The van der Waals surface area contributed by atoms with Crippen molar-refractivity contribution in [2.45, 2.75) is 24.7 Å². The summed E-state index contributed by atoms with van der Waals surface area (Å²) < 4.78 is 160. The molecule has 0 atom stereocenters. The van der Waals surface area contributed by atoms with Gasteiger partial charge < -0.3 is 30.3 Å². The predicted molar refractivity (Wildman–Crippen MR) is 123 cm³/mol. The van der Waals surface area contributed by atoms with Crippen LogP contribution in [0.2, 0.25) is 0 Å². The monoisotopic (exact) mass is 642 g/mol. The molecule has 0 heterocycles. The molecule has 0 unspecified atom stereocenters. The second kappa shape index (κ2) is 12.4. The number of hydrogen-bond donors (Lipinski definition) is 0. The van der Waals surface area contributed by atoms with Gasteiger partial charge in [0.15, 0.2) is 0 Å². The van der Waals surface area contributed by atoms with Crippen molar-refractivity contribution in [3.8, 4) is 0 Å². The molecule has 4 aromatic rings. The quantitative estimate of drug-likeness (QED) is 0.0909. The topological polar surface area (TPSA) is 0 Å². The molecule has 0 saturated heterocycles. The van der Waals surface area contributed by atoms with E-state index in [0.717, 1.165) is 0 Å². The zero-order valence-corrected chi connectivity index (χ0v) is 21.5. The zero-order valence-electron chi connectivity index (χ0n) is 19.5. The van der Waals surface area contributed by atoms with Crippen LogP contribution in [-0.4, -0.2) is 0 Å². The molecule has 0 aliphatic carbocycles. The minimum Gasteiger partial charge on any atom is -0.748 e. The Bertz CT molecular complexity index is 1190. The Balaban J connectivity index is 0.000000840. The van der Waals surface area contributed by atoms with E-state index in [1.807, 2.05) is 30.3 Å². The van der Waals surface area contributed by atoms with Crippen molar-refractivity contribution < 1.29 is 69.8 Å². The van der Waals surface area contributed by atoms with Gasteiger partial charge in [0, 0.05) is 17.1 Å². The maximum absolute atomic E-state index is 13.3. The maximum Gasteiger partial charge on any atom is 0.416 e. The Labute approximate surface area is 231 Å². The van der Waals surface area contributed by atoms with Crippen LogP contribution in [0.1, 0.15) is 22.3 Å². The van der Waals surface area contributed by atoms with Gasteiger partial charge in [-0.1, -0.05) is 7.92 Å². The molecule has 0 fully saturated rings. The minimum absolute atomic E-state index is 0. The third kappa shape index (κ3) is 8.62. The number of alkyl halides is 12. The Morgan fingerprint density at radius 2 is 0.700 bits per heavy atom. The molecular weight excluding hydrogens is 627 g/mol. The third-order valence-electron chi connectivity index (χ3n) is 5.12. The van der Waals surface area contributed by atoms with Crippen LogP contribution in [0, 0.1) is 0 Å². The van der Waals surface area contributed by atoms with Crippen LogP contribution in [0.25, 0.3) is 0 Å². The van der Waals surface area contributed by atoms with Crippen LogP contribution in [-0.2, 0) is 41.8 Å². The van der Waals surface area contributed by atoms with Gasteiger partial charge in [0.1, 0.15) is 0 Å². The largest absolute Gasteiger partial charge is 0.748 e. The molecule has 0 spiro atoms. The van der Waals surface area contributed by atoms with Gasteiger partial charge in [-0.3, -0.25) is 0 Å². The summed E-state index contributed by atoms with van der Waals surface area (Å²) in [7, 11) is -2.66. The summed E-state index contributed by atoms with van der Waals surface area (Å²) in [6, 6.07) is 15.9. The van der Waals surface area contributed by atoms with E-state index in [4.69, 9.17) is 0 Å². The fraction of sp³-hybridized carbons (Fsp3) is 0.154. The molecule has 0 aliphatic rings. The third-order valence-corrected chi connectivity index (χ3v) is 7.48.